The number of thiocarbonyl (C=S) groups is 1. The highest BCUT2D eigenvalue weighted by Gasteiger charge is 2.14. The van der Waals surface area contributed by atoms with E-state index < -0.39 is 0 Å². The van der Waals surface area contributed by atoms with Crippen molar-refractivity contribution in [1.82, 2.24) is 4.98 Å². The molecular weight excluding hydrogens is 260 g/mol. The number of rotatable bonds is 5. The van der Waals surface area contributed by atoms with Crippen molar-refractivity contribution in [2.75, 3.05) is 13.2 Å². The van der Waals surface area contributed by atoms with Crippen molar-refractivity contribution in [3.8, 4) is 5.88 Å². The second kappa shape index (κ2) is 6.30. The highest BCUT2D eigenvalue weighted by atomic mass is 32.1. The average Bonchev–Trinajstić information content (AvgIpc) is 2.21. The first-order chi connectivity index (χ1) is 8.70. The summed E-state index contributed by atoms with van der Waals surface area (Å²) in [5.41, 5.74) is 8.11. The van der Waals surface area contributed by atoms with Crippen LogP contribution >= 0.6 is 12.2 Å². The van der Waals surface area contributed by atoms with Crippen LogP contribution in [0.3, 0.4) is 0 Å². The number of nitrogens with zero attached hydrogens (tertiary/aromatic N) is 1. The van der Waals surface area contributed by atoms with Crippen LogP contribution in [0.25, 0.3) is 0 Å². The van der Waals surface area contributed by atoms with E-state index in [0.29, 0.717) is 29.6 Å². The van der Waals surface area contributed by atoms with Gasteiger partial charge in [-0.25, -0.2) is 4.98 Å². The maximum absolute atomic E-state index is 5.72. The van der Waals surface area contributed by atoms with E-state index in [2.05, 4.69) is 4.98 Å². The van der Waals surface area contributed by atoms with Crippen molar-refractivity contribution in [2.24, 2.45) is 5.73 Å². The number of aromatic nitrogens is 1. The second-order valence-corrected chi connectivity index (χ2v) is 5.87. The Kier molecular flexibility index (Phi) is 5.26. The monoisotopic (exact) mass is 282 g/mol. The zero-order valence-corrected chi connectivity index (χ0v) is 13.1. The van der Waals surface area contributed by atoms with Crippen molar-refractivity contribution in [2.45, 2.75) is 40.2 Å². The lowest BCUT2D eigenvalue weighted by molar-refractivity contribution is -0.0168. The van der Waals surface area contributed by atoms with Crippen molar-refractivity contribution in [3.63, 3.8) is 0 Å². The van der Waals surface area contributed by atoms with Gasteiger partial charge in [0.05, 0.1) is 17.8 Å². The molecule has 19 heavy (non-hydrogen) atoms. The predicted molar refractivity (Wildman–Crippen MR) is 80.8 cm³/mol. The van der Waals surface area contributed by atoms with Crippen LogP contribution in [0.15, 0.2) is 6.07 Å². The van der Waals surface area contributed by atoms with Crippen LogP contribution in [0.4, 0.5) is 0 Å². The Morgan fingerprint density at radius 3 is 2.47 bits per heavy atom. The molecule has 0 saturated heterocycles. The van der Waals surface area contributed by atoms with Crippen molar-refractivity contribution >= 4 is 17.2 Å². The van der Waals surface area contributed by atoms with E-state index >= 15 is 0 Å². The molecule has 0 unspecified atom stereocenters. The maximum Gasteiger partial charge on any atom is 0.224 e. The number of hydrogen-bond acceptors (Lipinski definition) is 4. The lowest BCUT2D eigenvalue weighted by Crippen LogP contribution is -2.23. The molecule has 1 aromatic heterocycles. The first-order valence-corrected chi connectivity index (χ1v) is 6.66. The van der Waals surface area contributed by atoms with Crippen LogP contribution in [0, 0.1) is 13.8 Å². The second-order valence-electron chi connectivity index (χ2n) is 5.43. The third kappa shape index (κ3) is 5.12. The van der Waals surface area contributed by atoms with E-state index in [1.165, 1.54) is 0 Å². The van der Waals surface area contributed by atoms with Gasteiger partial charge in [0.15, 0.2) is 0 Å². The van der Waals surface area contributed by atoms with Gasteiger partial charge in [0.25, 0.3) is 0 Å². The summed E-state index contributed by atoms with van der Waals surface area (Å²) in [6.45, 7) is 10.8. The highest BCUT2D eigenvalue weighted by Crippen LogP contribution is 2.21. The minimum atomic E-state index is -0.175. The van der Waals surface area contributed by atoms with E-state index in [9.17, 15) is 0 Å². The fourth-order valence-corrected chi connectivity index (χ4v) is 1.94. The summed E-state index contributed by atoms with van der Waals surface area (Å²) in [7, 11) is 0. The summed E-state index contributed by atoms with van der Waals surface area (Å²) in [6.07, 6.45) is 0. The minimum absolute atomic E-state index is 0.175. The summed E-state index contributed by atoms with van der Waals surface area (Å²) in [6, 6.07) is 1.94. The summed E-state index contributed by atoms with van der Waals surface area (Å²) in [5.74, 6) is 0.488. The molecule has 0 atom stereocenters. The molecule has 0 amide bonds. The normalized spacial score (nSPS) is 11.4. The predicted octanol–water partition coefficient (Wildman–Crippen LogP) is 2.53. The summed E-state index contributed by atoms with van der Waals surface area (Å²) in [4.78, 5) is 4.65. The van der Waals surface area contributed by atoms with Crippen LogP contribution in [0.1, 0.15) is 37.6 Å². The van der Waals surface area contributed by atoms with Gasteiger partial charge in [-0.05, 0) is 46.2 Å². The Morgan fingerprint density at radius 2 is 1.95 bits per heavy atom. The van der Waals surface area contributed by atoms with Gasteiger partial charge in [0, 0.05) is 5.69 Å². The number of aryl methyl sites for hydroxylation is 2. The smallest absolute Gasteiger partial charge is 0.224 e. The van der Waals surface area contributed by atoms with E-state index in [-0.39, 0.29) is 5.60 Å². The molecule has 0 aromatic carbocycles. The summed E-state index contributed by atoms with van der Waals surface area (Å²) >= 11 is 5.04. The molecule has 0 bridgehead atoms. The van der Waals surface area contributed by atoms with Crippen LogP contribution < -0.4 is 10.5 Å². The van der Waals surface area contributed by atoms with Crippen LogP contribution in [0.5, 0.6) is 5.88 Å². The molecule has 0 aliphatic heterocycles. The first kappa shape index (κ1) is 15.9. The molecule has 4 nitrogen and oxygen atoms in total. The average molecular weight is 282 g/mol. The molecule has 0 fully saturated rings. The molecule has 0 radical (unpaired) electrons. The molecule has 106 valence electrons. The number of nitrogens with two attached hydrogens (primary N) is 1. The molecule has 1 rings (SSSR count). The van der Waals surface area contributed by atoms with Crippen LogP contribution in [0.2, 0.25) is 0 Å². The molecular formula is C14H22N2O2S. The van der Waals surface area contributed by atoms with Gasteiger partial charge in [-0.1, -0.05) is 12.2 Å². The third-order valence-corrected chi connectivity index (χ3v) is 2.62. The summed E-state index contributed by atoms with van der Waals surface area (Å²) < 4.78 is 11.2. The molecule has 0 spiro atoms. The van der Waals surface area contributed by atoms with Crippen molar-refractivity contribution in [3.05, 3.63) is 22.9 Å². The zero-order valence-electron chi connectivity index (χ0n) is 12.2. The fraction of sp³-hybridized carbons (Fsp3) is 0.571. The van der Waals surface area contributed by atoms with Gasteiger partial charge in [0.1, 0.15) is 11.6 Å². The fourth-order valence-electron chi connectivity index (χ4n) is 1.69. The lowest BCUT2D eigenvalue weighted by atomic mass is 10.1. The Labute approximate surface area is 120 Å². The van der Waals surface area contributed by atoms with Gasteiger partial charge >= 0.3 is 0 Å². The number of pyridine rings is 1. The molecule has 1 aromatic rings. The Balaban J connectivity index is 2.75. The van der Waals surface area contributed by atoms with Gasteiger partial charge in [-0.3, -0.25) is 0 Å². The molecule has 1 heterocycles. The molecule has 0 aliphatic rings. The van der Waals surface area contributed by atoms with Crippen molar-refractivity contribution in [1.29, 1.82) is 0 Å². The van der Waals surface area contributed by atoms with E-state index in [1.54, 1.807) is 0 Å². The lowest BCUT2D eigenvalue weighted by Gasteiger charge is -2.20. The largest absolute Gasteiger partial charge is 0.475 e. The van der Waals surface area contributed by atoms with Crippen molar-refractivity contribution < 1.29 is 9.47 Å². The maximum atomic E-state index is 5.72. The topological polar surface area (TPSA) is 57.4 Å². The van der Waals surface area contributed by atoms with Gasteiger partial charge in [-0.15, -0.1) is 0 Å². The van der Waals surface area contributed by atoms with E-state index in [1.807, 2.05) is 40.7 Å². The Hall–Kier alpha value is -1.20. The van der Waals surface area contributed by atoms with Gasteiger partial charge in [-0.2, -0.15) is 0 Å². The number of ether oxygens (including phenoxy) is 2. The van der Waals surface area contributed by atoms with Crippen LogP contribution in [-0.2, 0) is 4.74 Å². The Bertz CT molecular complexity index is 467. The standard InChI is InChI=1S/C14H22N2O2S/c1-9-8-10(2)16-13(11(9)12(15)19)17-6-7-18-14(3,4)5/h8H,6-7H2,1-5H3,(H2,15,19). The van der Waals surface area contributed by atoms with Gasteiger partial charge < -0.3 is 15.2 Å². The molecule has 2 N–H and O–H groups in total. The Morgan fingerprint density at radius 1 is 1.32 bits per heavy atom. The summed E-state index contributed by atoms with van der Waals surface area (Å²) in [5, 5.41) is 0. The van der Waals surface area contributed by atoms with E-state index in [0.717, 1.165) is 11.3 Å². The SMILES string of the molecule is Cc1cc(C)c(C(N)=S)c(OCCOC(C)(C)C)n1. The zero-order chi connectivity index (χ0) is 14.6. The van der Waals surface area contributed by atoms with E-state index in [4.69, 9.17) is 27.4 Å². The quantitative estimate of drug-likeness (QED) is 0.664. The van der Waals surface area contributed by atoms with Crippen LogP contribution in [-0.4, -0.2) is 28.8 Å². The minimum Gasteiger partial charge on any atom is -0.475 e. The van der Waals surface area contributed by atoms with Gasteiger partial charge in [0.2, 0.25) is 5.88 Å². The third-order valence-electron chi connectivity index (χ3n) is 2.42. The molecule has 0 aliphatic carbocycles. The molecule has 5 heteroatoms. The molecule has 0 saturated carbocycles. The highest BCUT2D eigenvalue weighted by molar-refractivity contribution is 7.80. The number of hydrogen-bond donors (Lipinski definition) is 1. The first-order valence-electron chi connectivity index (χ1n) is 6.25.